The Morgan fingerprint density at radius 2 is 1.94 bits per heavy atom. The molecule has 0 fully saturated rings. The summed E-state index contributed by atoms with van der Waals surface area (Å²) < 4.78 is 5.32. The number of aromatic nitrogens is 1. The van der Waals surface area contributed by atoms with Gasteiger partial charge in [0.1, 0.15) is 5.75 Å². The van der Waals surface area contributed by atoms with E-state index in [-0.39, 0.29) is 5.78 Å². The van der Waals surface area contributed by atoms with Gasteiger partial charge in [-0.05, 0) is 37.3 Å². The lowest BCUT2D eigenvalue weighted by atomic mass is 10.0. The molecule has 0 atom stereocenters. The summed E-state index contributed by atoms with van der Waals surface area (Å²) in [6.45, 7) is 2.43. The number of pyridine rings is 1. The number of nitrogens with two attached hydrogens (primary N) is 1. The Bertz CT molecular complexity index is 550. The van der Waals surface area contributed by atoms with Crippen molar-refractivity contribution in [3.8, 4) is 5.75 Å². The minimum absolute atomic E-state index is 0.0935. The molecule has 0 saturated heterocycles. The van der Waals surface area contributed by atoms with Gasteiger partial charge in [-0.1, -0.05) is 0 Å². The summed E-state index contributed by atoms with van der Waals surface area (Å²) in [4.78, 5) is 16.2. The smallest absolute Gasteiger partial charge is 0.194 e. The lowest BCUT2D eigenvalue weighted by Crippen LogP contribution is -2.03. The zero-order valence-corrected chi connectivity index (χ0v) is 10.1. The molecule has 1 aromatic heterocycles. The monoisotopic (exact) mass is 242 g/mol. The third-order valence-corrected chi connectivity index (χ3v) is 2.46. The topological polar surface area (TPSA) is 65.2 Å². The van der Waals surface area contributed by atoms with Crippen LogP contribution in [0.15, 0.2) is 42.7 Å². The summed E-state index contributed by atoms with van der Waals surface area (Å²) in [5.74, 6) is 0.503. The van der Waals surface area contributed by atoms with E-state index in [9.17, 15) is 4.79 Å². The Hall–Kier alpha value is -2.36. The average Bonchev–Trinajstić information content (AvgIpc) is 2.39. The van der Waals surface area contributed by atoms with Crippen LogP contribution in [0.4, 0.5) is 5.69 Å². The van der Waals surface area contributed by atoms with Gasteiger partial charge >= 0.3 is 0 Å². The summed E-state index contributed by atoms with van der Waals surface area (Å²) in [7, 11) is 0. The first-order valence-electron chi connectivity index (χ1n) is 5.69. The molecule has 0 aliphatic carbocycles. The molecule has 4 nitrogen and oxygen atoms in total. The molecule has 92 valence electrons. The van der Waals surface area contributed by atoms with Crippen molar-refractivity contribution in [2.24, 2.45) is 0 Å². The van der Waals surface area contributed by atoms with Crippen LogP contribution in [0.25, 0.3) is 0 Å². The molecular weight excluding hydrogens is 228 g/mol. The summed E-state index contributed by atoms with van der Waals surface area (Å²) in [6.07, 6.45) is 3.12. The molecule has 2 aromatic rings. The zero-order valence-electron chi connectivity index (χ0n) is 10.1. The van der Waals surface area contributed by atoms with E-state index in [2.05, 4.69) is 4.98 Å². The highest BCUT2D eigenvalue weighted by Gasteiger charge is 2.10. The molecule has 18 heavy (non-hydrogen) atoms. The maximum atomic E-state index is 12.2. The van der Waals surface area contributed by atoms with Crippen molar-refractivity contribution in [3.05, 3.63) is 53.9 Å². The number of nitrogen functional groups attached to an aromatic ring is 1. The van der Waals surface area contributed by atoms with Crippen LogP contribution in [0, 0.1) is 0 Å². The molecule has 1 aromatic carbocycles. The third-order valence-electron chi connectivity index (χ3n) is 2.46. The Labute approximate surface area is 105 Å². The fraction of sp³-hybridized carbons (Fsp3) is 0.143. The molecule has 0 radical (unpaired) electrons. The number of benzene rings is 1. The van der Waals surface area contributed by atoms with Gasteiger partial charge in [-0.25, -0.2) is 0 Å². The molecular formula is C14H14N2O2. The number of hydrogen-bond donors (Lipinski definition) is 1. The predicted octanol–water partition coefficient (Wildman–Crippen LogP) is 2.29. The van der Waals surface area contributed by atoms with Crippen molar-refractivity contribution in [2.45, 2.75) is 6.92 Å². The van der Waals surface area contributed by atoms with Gasteiger partial charge in [0.2, 0.25) is 0 Å². The van der Waals surface area contributed by atoms with Crippen molar-refractivity contribution < 1.29 is 9.53 Å². The first-order chi connectivity index (χ1) is 8.70. The molecule has 0 spiro atoms. The molecule has 0 unspecified atom stereocenters. The summed E-state index contributed by atoms with van der Waals surface area (Å²) in [5, 5.41) is 0. The molecule has 0 aliphatic rings. The van der Waals surface area contributed by atoms with E-state index < -0.39 is 0 Å². The second-order valence-corrected chi connectivity index (χ2v) is 3.79. The van der Waals surface area contributed by atoms with Gasteiger partial charge in [0, 0.05) is 23.0 Å². The Kier molecular flexibility index (Phi) is 3.57. The number of anilines is 1. The molecule has 0 bridgehead atoms. The predicted molar refractivity (Wildman–Crippen MR) is 69.7 cm³/mol. The van der Waals surface area contributed by atoms with E-state index in [0.29, 0.717) is 29.2 Å². The highest BCUT2D eigenvalue weighted by Crippen LogP contribution is 2.16. The van der Waals surface area contributed by atoms with Crippen molar-refractivity contribution in [2.75, 3.05) is 12.3 Å². The van der Waals surface area contributed by atoms with E-state index in [0.717, 1.165) is 0 Å². The summed E-state index contributed by atoms with van der Waals surface area (Å²) in [6, 6.07) is 8.49. The number of hydrogen-bond acceptors (Lipinski definition) is 4. The quantitative estimate of drug-likeness (QED) is 0.660. The highest BCUT2D eigenvalue weighted by atomic mass is 16.5. The van der Waals surface area contributed by atoms with Crippen molar-refractivity contribution in [3.63, 3.8) is 0 Å². The van der Waals surface area contributed by atoms with Gasteiger partial charge in [-0.3, -0.25) is 9.78 Å². The average molecular weight is 242 g/mol. The van der Waals surface area contributed by atoms with Crippen LogP contribution in [0.1, 0.15) is 22.8 Å². The maximum Gasteiger partial charge on any atom is 0.194 e. The first kappa shape index (κ1) is 12.1. The lowest BCUT2D eigenvalue weighted by molar-refractivity contribution is 0.103. The molecule has 0 amide bonds. The number of carbonyl (C=O) groups is 1. The molecule has 4 heteroatoms. The van der Waals surface area contributed by atoms with Gasteiger partial charge in [0.25, 0.3) is 0 Å². The van der Waals surface area contributed by atoms with E-state index in [1.165, 1.54) is 6.20 Å². The third kappa shape index (κ3) is 2.66. The normalized spacial score (nSPS) is 10.1. The molecule has 2 rings (SSSR count). The Balaban J connectivity index is 2.28. The van der Waals surface area contributed by atoms with Gasteiger partial charge in [-0.2, -0.15) is 0 Å². The Morgan fingerprint density at radius 3 is 2.61 bits per heavy atom. The van der Waals surface area contributed by atoms with Crippen LogP contribution in [0.5, 0.6) is 5.75 Å². The maximum absolute atomic E-state index is 12.2. The number of nitrogens with zero attached hydrogens (tertiary/aromatic N) is 1. The molecule has 1 heterocycles. The van der Waals surface area contributed by atoms with Crippen LogP contribution >= 0.6 is 0 Å². The first-order valence-corrected chi connectivity index (χ1v) is 5.69. The van der Waals surface area contributed by atoms with Gasteiger partial charge in [-0.15, -0.1) is 0 Å². The highest BCUT2D eigenvalue weighted by molar-refractivity contribution is 6.09. The van der Waals surface area contributed by atoms with Gasteiger partial charge in [0.15, 0.2) is 5.78 Å². The fourth-order valence-electron chi connectivity index (χ4n) is 1.59. The molecule has 0 saturated carbocycles. The van der Waals surface area contributed by atoms with Gasteiger partial charge < -0.3 is 10.5 Å². The van der Waals surface area contributed by atoms with E-state index >= 15 is 0 Å². The minimum atomic E-state index is -0.0935. The number of carbonyl (C=O) groups excluding carboxylic acids is 1. The Morgan fingerprint density at radius 1 is 1.22 bits per heavy atom. The van der Waals surface area contributed by atoms with Crippen LogP contribution in [0.2, 0.25) is 0 Å². The van der Waals surface area contributed by atoms with Crippen LogP contribution in [-0.2, 0) is 0 Å². The number of ketones is 1. The van der Waals surface area contributed by atoms with E-state index in [4.69, 9.17) is 10.5 Å². The zero-order chi connectivity index (χ0) is 13.0. The number of ether oxygens (including phenoxy) is 1. The van der Waals surface area contributed by atoms with Crippen molar-refractivity contribution >= 4 is 11.5 Å². The molecule has 2 N–H and O–H groups in total. The number of rotatable bonds is 4. The van der Waals surface area contributed by atoms with Crippen molar-refractivity contribution in [1.82, 2.24) is 4.98 Å². The van der Waals surface area contributed by atoms with Gasteiger partial charge in [0.05, 0.1) is 12.8 Å². The fourth-order valence-corrected chi connectivity index (χ4v) is 1.59. The van der Waals surface area contributed by atoms with Crippen LogP contribution in [0.3, 0.4) is 0 Å². The molecule has 0 aliphatic heterocycles. The van der Waals surface area contributed by atoms with Crippen molar-refractivity contribution in [1.29, 1.82) is 0 Å². The minimum Gasteiger partial charge on any atom is -0.492 e. The standard InChI is InChI=1S/C14H14N2O2/c1-2-18-13-7-11(8-16-9-13)14(17)10-3-5-12(15)6-4-10/h3-9H,2,15H2,1H3. The summed E-state index contributed by atoms with van der Waals surface area (Å²) >= 11 is 0. The largest absolute Gasteiger partial charge is 0.492 e. The second kappa shape index (κ2) is 5.31. The summed E-state index contributed by atoms with van der Waals surface area (Å²) in [5.41, 5.74) is 7.31. The van der Waals surface area contributed by atoms with E-state index in [1.807, 2.05) is 6.92 Å². The lowest BCUT2D eigenvalue weighted by Gasteiger charge is -2.05. The van der Waals surface area contributed by atoms with Crippen LogP contribution < -0.4 is 10.5 Å². The van der Waals surface area contributed by atoms with E-state index in [1.54, 1.807) is 36.5 Å². The SMILES string of the molecule is CCOc1cncc(C(=O)c2ccc(N)cc2)c1. The van der Waals surface area contributed by atoms with Crippen LogP contribution in [-0.4, -0.2) is 17.4 Å². The second-order valence-electron chi connectivity index (χ2n) is 3.79.